The van der Waals surface area contributed by atoms with Crippen LogP contribution in [-0.4, -0.2) is 31.7 Å². The van der Waals surface area contributed by atoms with Crippen molar-refractivity contribution in [2.24, 2.45) is 5.41 Å². The molecule has 0 aliphatic heterocycles. The van der Waals surface area contributed by atoms with Crippen molar-refractivity contribution >= 4 is 0 Å². The molecule has 13 heavy (non-hydrogen) atoms. The Balaban J connectivity index is 3.78. The average Bonchev–Trinajstić information content (AvgIpc) is 2.02. The lowest BCUT2D eigenvalue weighted by atomic mass is 9.89. The third kappa shape index (κ3) is 6.02. The van der Waals surface area contributed by atoms with Crippen molar-refractivity contribution in [3.8, 4) is 0 Å². The van der Waals surface area contributed by atoms with Gasteiger partial charge in [-0.15, -0.1) is 0 Å². The van der Waals surface area contributed by atoms with E-state index in [2.05, 4.69) is 20.8 Å². The molecule has 1 unspecified atom stereocenters. The van der Waals surface area contributed by atoms with Crippen molar-refractivity contribution in [1.29, 1.82) is 0 Å². The topological polar surface area (TPSA) is 38.7 Å². The van der Waals surface area contributed by atoms with Gasteiger partial charge in [-0.3, -0.25) is 0 Å². The van der Waals surface area contributed by atoms with Crippen molar-refractivity contribution < 1.29 is 14.6 Å². The van der Waals surface area contributed by atoms with Gasteiger partial charge < -0.3 is 14.6 Å². The van der Waals surface area contributed by atoms with Gasteiger partial charge >= 0.3 is 0 Å². The van der Waals surface area contributed by atoms with Gasteiger partial charge in [-0.1, -0.05) is 20.8 Å². The number of methoxy groups -OCH3 is 2. The maximum absolute atomic E-state index is 9.62. The largest absolute Gasteiger partial charge is 0.388 e. The Morgan fingerprint density at radius 3 is 1.92 bits per heavy atom. The van der Waals surface area contributed by atoms with Crippen LogP contribution < -0.4 is 0 Å². The van der Waals surface area contributed by atoms with E-state index >= 15 is 0 Å². The molecule has 0 aliphatic carbocycles. The molecule has 0 aromatic rings. The van der Waals surface area contributed by atoms with E-state index in [0.717, 1.165) is 6.42 Å². The summed E-state index contributed by atoms with van der Waals surface area (Å²) in [6.45, 7) is 6.44. The van der Waals surface area contributed by atoms with E-state index in [1.54, 1.807) is 0 Å². The minimum atomic E-state index is -0.533. The summed E-state index contributed by atoms with van der Waals surface area (Å²) in [6, 6.07) is 0. The Bertz CT molecular complexity index is 125. The van der Waals surface area contributed by atoms with Crippen LogP contribution in [0.25, 0.3) is 0 Å². The van der Waals surface area contributed by atoms with Crippen LogP contribution in [0.2, 0.25) is 0 Å². The summed E-state index contributed by atoms with van der Waals surface area (Å²) in [4.78, 5) is 0. The van der Waals surface area contributed by atoms with Crippen LogP contribution in [0.5, 0.6) is 0 Å². The fourth-order valence-electron chi connectivity index (χ4n) is 1.13. The molecule has 3 nitrogen and oxygen atoms in total. The highest BCUT2D eigenvalue weighted by Gasteiger charge is 2.20. The van der Waals surface area contributed by atoms with E-state index in [1.165, 1.54) is 14.2 Å². The molecular weight excluding hydrogens is 168 g/mol. The van der Waals surface area contributed by atoms with Crippen molar-refractivity contribution in [3.05, 3.63) is 0 Å². The van der Waals surface area contributed by atoms with Crippen molar-refractivity contribution in [2.75, 3.05) is 14.2 Å². The molecule has 0 saturated carbocycles. The fourth-order valence-corrected chi connectivity index (χ4v) is 1.13. The molecule has 1 atom stereocenters. The summed E-state index contributed by atoms with van der Waals surface area (Å²) in [5.41, 5.74) is 0.243. The van der Waals surface area contributed by atoms with Crippen LogP contribution in [0.3, 0.4) is 0 Å². The number of aliphatic hydroxyl groups excluding tert-OH is 1. The lowest BCUT2D eigenvalue weighted by Crippen LogP contribution is -2.30. The van der Waals surface area contributed by atoms with Crippen LogP contribution in [0.4, 0.5) is 0 Å². The predicted molar refractivity (Wildman–Crippen MR) is 52.5 cm³/mol. The van der Waals surface area contributed by atoms with Crippen LogP contribution in [0, 0.1) is 5.41 Å². The highest BCUT2D eigenvalue weighted by atomic mass is 16.7. The lowest BCUT2D eigenvalue weighted by molar-refractivity contribution is -0.166. The standard InChI is InChI=1S/C10H22O3/c1-10(2,3)7-6-8(11)9(12-4)13-5/h8-9,11H,6-7H2,1-5H3. The normalized spacial score (nSPS) is 15.0. The van der Waals surface area contributed by atoms with Gasteiger partial charge in [0.1, 0.15) is 6.10 Å². The third-order valence-corrected chi connectivity index (χ3v) is 1.97. The molecule has 0 rings (SSSR count). The summed E-state index contributed by atoms with van der Waals surface area (Å²) >= 11 is 0. The highest BCUT2D eigenvalue weighted by Crippen LogP contribution is 2.22. The number of hydrogen-bond donors (Lipinski definition) is 1. The average molecular weight is 190 g/mol. The Labute approximate surface area is 81.0 Å². The first-order valence-electron chi connectivity index (χ1n) is 4.64. The third-order valence-electron chi connectivity index (χ3n) is 1.97. The maximum Gasteiger partial charge on any atom is 0.182 e. The molecule has 0 saturated heterocycles. The Morgan fingerprint density at radius 1 is 1.15 bits per heavy atom. The molecule has 0 aliphatic rings. The van der Waals surface area contributed by atoms with Crippen molar-refractivity contribution in [2.45, 2.75) is 46.0 Å². The van der Waals surface area contributed by atoms with E-state index in [-0.39, 0.29) is 5.41 Å². The molecule has 0 heterocycles. The molecule has 0 spiro atoms. The van der Waals surface area contributed by atoms with E-state index in [4.69, 9.17) is 9.47 Å². The highest BCUT2D eigenvalue weighted by molar-refractivity contribution is 4.67. The van der Waals surface area contributed by atoms with Gasteiger partial charge in [0, 0.05) is 14.2 Å². The Hall–Kier alpha value is -0.120. The van der Waals surface area contributed by atoms with Gasteiger partial charge in [-0.05, 0) is 18.3 Å². The zero-order valence-corrected chi connectivity index (χ0v) is 9.33. The summed E-state index contributed by atoms with van der Waals surface area (Å²) in [7, 11) is 3.07. The molecule has 0 bridgehead atoms. The van der Waals surface area contributed by atoms with Crippen LogP contribution in [0.15, 0.2) is 0 Å². The van der Waals surface area contributed by atoms with E-state index in [0.29, 0.717) is 6.42 Å². The first kappa shape index (κ1) is 12.9. The molecule has 80 valence electrons. The van der Waals surface area contributed by atoms with Gasteiger partial charge in [0.05, 0.1) is 0 Å². The van der Waals surface area contributed by atoms with Crippen LogP contribution in [0.1, 0.15) is 33.6 Å². The molecule has 1 N–H and O–H groups in total. The zero-order chi connectivity index (χ0) is 10.5. The second-order valence-electron chi connectivity index (χ2n) is 4.51. The number of rotatable bonds is 5. The predicted octanol–water partition coefficient (Wildman–Crippen LogP) is 1.79. The maximum atomic E-state index is 9.62. The second kappa shape index (κ2) is 5.58. The van der Waals surface area contributed by atoms with Crippen molar-refractivity contribution in [1.82, 2.24) is 0 Å². The second-order valence-corrected chi connectivity index (χ2v) is 4.51. The minimum absolute atomic E-state index is 0.243. The first-order valence-corrected chi connectivity index (χ1v) is 4.64. The van der Waals surface area contributed by atoms with Crippen molar-refractivity contribution in [3.63, 3.8) is 0 Å². The van der Waals surface area contributed by atoms with Gasteiger partial charge in [-0.2, -0.15) is 0 Å². The molecule has 3 heteroatoms. The summed E-state index contributed by atoms with van der Waals surface area (Å²) < 4.78 is 9.91. The smallest absolute Gasteiger partial charge is 0.182 e. The van der Waals surface area contributed by atoms with Crippen LogP contribution >= 0.6 is 0 Å². The Kier molecular flexibility index (Phi) is 5.53. The zero-order valence-electron chi connectivity index (χ0n) is 9.33. The molecular formula is C10H22O3. The molecule has 0 aromatic heterocycles. The summed E-state index contributed by atoms with van der Waals surface area (Å²) in [5, 5.41) is 9.62. The Morgan fingerprint density at radius 2 is 1.62 bits per heavy atom. The molecule has 0 fully saturated rings. The van der Waals surface area contributed by atoms with Gasteiger partial charge in [-0.25, -0.2) is 0 Å². The quantitative estimate of drug-likeness (QED) is 0.672. The fraction of sp³-hybridized carbons (Fsp3) is 1.00. The first-order chi connectivity index (χ1) is 5.90. The van der Waals surface area contributed by atoms with E-state index < -0.39 is 12.4 Å². The van der Waals surface area contributed by atoms with E-state index in [9.17, 15) is 5.11 Å². The van der Waals surface area contributed by atoms with E-state index in [1.807, 2.05) is 0 Å². The number of aliphatic hydroxyl groups is 1. The van der Waals surface area contributed by atoms with Gasteiger partial charge in [0.25, 0.3) is 0 Å². The SMILES string of the molecule is COC(OC)C(O)CCC(C)(C)C. The molecule has 0 radical (unpaired) electrons. The van der Waals surface area contributed by atoms with Crippen LogP contribution in [-0.2, 0) is 9.47 Å². The summed E-state index contributed by atoms with van der Waals surface area (Å²) in [6.07, 6.45) is 0.629. The molecule has 0 amide bonds. The molecule has 0 aromatic carbocycles. The monoisotopic (exact) mass is 190 g/mol. The lowest BCUT2D eigenvalue weighted by Gasteiger charge is -2.24. The van der Waals surface area contributed by atoms with Gasteiger partial charge in [0.15, 0.2) is 6.29 Å². The van der Waals surface area contributed by atoms with Gasteiger partial charge in [0.2, 0.25) is 0 Å². The number of hydrogen-bond acceptors (Lipinski definition) is 3. The minimum Gasteiger partial charge on any atom is -0.388 e. The summed E-state index contributed by atoms with van der Waals surface area (Å²) in [5.74, 6) is 0. The number of ether oxygens (including phenoxy) is 2.